The normalized spacial score (nSPS) is 13.4. The minimum absolute atomic E-state index is 0.817. The first kappa shape index (κ1) is 12.7. The molecule has 1 aromatic heterocycles. The lowest BCUT2D eigenvalue weighted by molar-refractivity contribution is 1.07. The highest BCUT2D eigenvalue weighted by molar-refractivity contribution is 7.98. The lowest BCUT2D eigenvalue weighted by Crippen LogP contribution is -2.03. The molecule has 4 heteroatoms. The van der Waals surface area contributed by atoms with Crippen LogP contribution in [-0.4, -0.2) is 17.0 Å². The van der Waals surface area contributed by atoms with Crippen molar-refractivity contribution in [3.8, 4) is 11.4 Å². The van der Waals surface area contributed by atoms with Gasteiger partial charge in [-0.05, 0) is 10.8 Å². The van der Waals surface area contributed by atoms with Crippen molar-refractivity contribution in [1.82, 2.24) is 9.97 Å². The zero-order valence-electron chi connectivity index (χ0n) is 11.8. The fraction of sp³-hybridized carbons (Fsp3) is 0.176. The number of nitrogens with zero attached hydrogens (tertiary/aromatic N) is 2. The summed E-state index contributed by atoms with van der Waals surface area (Å²) in [5.41, 5.74) is 3.53. The molecule has 3 aromatic rings. The van der Waals surface area contributed by atoms with Crippen molar-refractivity contribution in [1.29, 1.82) is 0 Å². The van der Waals surface area contributed by atoms with Gasteiger partial charge in [-0.25, -0.2) is 9.97 Å². The SMILES string of the molecule is CNc1nc(-c2cccc3ccccc23)nc2c1CSC2. The summed E-state index contributed by atoms with van der Waals surface area (Å²) >= 11 is 1.90. The first-order chi connectivity index (χ1) is 10.4. The molecule has 0 spiro atoms. The molecule has 0 bridgehead atoms. The van der Waals surface area contributed by atoms with E-state index in [4.69, 9.17) is 9.97 Å². The van der Waals surface area contributed by atoms with Gasteiger partial charge in [0.05, 0.1) is 5.69 Å². The van der Waals surface area contributed by atoms with Gasteiger partial charge in [0.25, 0.3) is 0 Å². The third kappa shape index (κ3) is 2.07. The molecular formula is C17H15N3S. The first-order valence-corrected chi connectivity index (χ1v) is 8.15. The number of nitrogens with one attached hydrogen (secondary N) is 1. The lowest BCUT2D eigenvalue weighted by Gasteiger charge is -2.10. The summed E-state index contributed by atoms with van der Waals surface area (Å²) in [6.07, 6.45) is 0. The van der Waals surface area contributed by atoms with Crippen LogP contribution in [-0.2, 0) is 11.5 Å². The molecule has 0 atom stereocenters. The van der Waals surface area contributed by atoms with E-state index in [1.54, 1.807) is 0 Å². The first-order valence-electron chi connectivity index (χ1n) is 7.00. The Labute approximate surface area is 127 Å². The molecular weight excluding hydrogens is 278 g/mol. The number of fused-ring (bicyclic) bond motifs is 2. The van der Waals surface area contributed by atoms with Crippen molar-refractivity contribution in [2.24, 2.45) is 0 Å². The highest BCUT2D eigenvalue weighted by Gasteiger charge is 2.20. The minimum Gasteiger partial charge on any atom is -0.373 e. The Bertz CT molecular complexity index is 824. The van der Waals surface area contributed by atoms with Gasteiger partial charge in [0.2, 0.25) is 0 Å². The Morgan fingerprint density at radius 3 is 2.76 bits per heavy atom. The number of hydrogen-bond donors (Lipinski definition) is 1. The van der Waals surface area contributed by atoms with Crippen LogP contribution in [0.2, 0.25) is 0 Å². The summed E-state index contributed by atoms with van der Waals surface area (Å²) in [6, 6.07) is 14.7. The summed E-state index contributed by atoms with van der Waals surface area (Å²) in [5.74, 6) is 3.76. The fourth-order valence-electron chi connectivity index (χ4n) is 2.80. The van der Waals surface area contributed by atoms with Crippen LogP contribution in [0, 0.1) is 0 Å². The molecule has 0 fully saturated rings. The summed E-state index contributed by atoms with van der Waals surface area (Å²) in [6.45, 7) is 0. The van der Waals surface area contributed by atoms with Crippen molar-refractivity contribution in [3.63, 3.8) is 0 Å². The number of rotatable bonds is 2. The molecule has 2 aromatic carbocycles. The monoisotopic (exact) mass is 293 g/mol. The number of benzene rings is 2. The van der Waals surface area contributed by atoms with Gasteiger partial charge in [-0.3, -0.25) is 0 Å². The van der Waals surface area contributed by atoms with Crippen LogP contribution in [0.1, 0.15) is 11.3 Å². The maximum absolute atomic E-state index is 4.81. The van der Waals surface area contributed by atoms with Gasteiger partial charge in [-0.15, -0.1) is 0 Å². The van der Waals surface area contributed by atoms with Gasteiger partial charge < -0.3 is 5.32 Å². The third-order valence-electron chi connectivity index (χ3n) is 3.85. The van der Waals surface area contributed by atoms with Crippen LogP contribution in [0.4, 0.5) is 5.82 Å². The molecule has 0 aliphatic carbocycles. The molecule has 104 valence electrons. The predicted molar refractivity (Wildman–Crippen MR) is 89.5 cm³/mol. The van der Waals surface area contributed by atoms with Crippen LogP contribution in [0.25, 0.3) is 22.2 Å². The molecule has 0 amide bonds. The molecule has 1 N–H and O–H groups in total. The van der Waals surface area contributed by atoms with E-state index in [0.29, 0.717) is 0 Å². The Hall–Kier alpha value is -2.07. The Balaban J connectivity index is 1.97. The molecule has 4 rings (SSSR count). The molecule has 0 saturated heterocycles. The smallest absolute Gasteiger partial charge is 0.162 e. The second kappa shape index (κ2) is 5.04. The number of hydrogen-bond acceptors (Lipinski definition) is 4. The largest absolute Gasteiger partial charge is 0.373 e. The van der Waals surface area contributed by atoms with Gasteiger partial charge in [0.1, 0.15) is 5.82 Å². The molecule has 21 heavy (non-hydrogen) atoms. The van der Waals surface area contributed by atoms with E-state index in [-0.39, 0.29) is 0 Å². The number of aromatic nitrogens is 2. The van der Waals surface area contributed by atoms with E-state index >= 15 is 0 Å². The average Bonchev–Trinajstić information content (AvgIpc) is 3.02. The number of thioether (sulfide) groups is 1. The van der Waals surface area contributed by atoms with Gasteiger partial charge in [0.15, 0.2) is 5.82 Å². The van der Waals surface area contributed by atoms with Crippen LogP contribution >= 0.6 is 11.8 Å². The molecule has 0 radical (unpaired) electrons. The molecule has 0 unspecified atom stereocenters. The van der Waals surface area contributed by atoms with Gasteiger partial charge in [-0.2, -0.15) is 11.8 Å². The summed E-state index contributed by atoms with van der Waals surface area (Å²) in [7, 11) is 1.93. The maximum Gasteiger partial charge on any atom is 0.162 e. The quantitative estimate of drug-likeness (QED) is 0.772. The van der Waals surface area contributed by atoms with E-state index in [1.807, 2.05) is 18.8 Å². The fourth-order valence-corrected chi connectivity index (χ4v) is 3.84. The highest BCUT2D eigenvalue weighted by Crippen LogP contribution is 2.35. The Morgan fingerprint density at radius 1 is 1.00 bits per heavy atom. The van der Waals surface area contributed by atoms with E-state index in [2.05, 4.69) is 47.8 Å². The zero-order valence-corrected chi connectivity index (χ0v) is 12.6. The van der Waals surface area contributed by atoms with Crippen molar-refractivity contribution in [2.75, 3.05) is 12.4 Å². The second-order valence-electron chi connectivity index (χ2n) is 5.09. The molecule has 0 saturated carbocycles. The van der Waals surface area contributed by atoms with E-state index in [1.165, 1.54) is 22.0 Å². The maximum atomic E-state index is 4.81. The molecule has 1 aliphatic heterocycles. The van der Waals surface area contributed by atoms with E-state index < -0.39 is 0 Å². The summed E-state index contributed by atoms with van der Waals surface area (Å²) in [4.78, 5) is 9.56. The third-order valence-corrected chi connectivity index (χ3v) is 4.82. The highest BCUT2D eigenvalue weighted by atomic mass is 32.2. The average molecular weight is 293 g/mol. The lowest BCUT2D eigenvalue weighted by atomic mass is 10.0. The second-order valence-corrected chi connectivity index (χ2v) is 6.08. The van der Waals surface area contributed by atoms with E-state index in [0.717, 1.165) is 28.7 Å². The standard InChI is InChI=1S/C17H15N3S/c1-18-16-14-9-21-10-15(14)19-17(20-16)13-8-4-6-11-5-2-3-7-12(11)13/h2-8H,9-10H2,1H3,(H,18,19,20). The van der Waals surface area contributed by atoms with E-state index in [9.17, 15) is 0 Å². The molecule has 1 aliphatic rings. The van der Waals surface area contributed by atoms with Crippen molar-refractivity contribution in [3.05, 3.63) is 53.7 Å². The van der Waals surface area contributed by atoms with Crippen molar-refractivity contribution in [2.45, 2.75) is 11.5 Å². The van der Waals surface area contributed by atoms with Crippen LogP contribution < -0.4 is 5.32 Å². The van der Waals surface area contributed by atoms with Crippen molar-refractivity contribution >= 4 is 28.4 Å². The molecule has 3 nitrogen and oxygen atoms in total. The van der Waals surface area contributed by atoms with Crippen LogP contribution in [0.5, 0.6) is 0 Å². The number of anilines is 1. The van der Waals surface area contributed by atoms with Crippen LogP contribution in [0.15, 0.2) is 42.5 Å². The van der Waals surface area contributed by atoms with Gasteiger partial charge >= 0.3 is 0 Å². The summed E-state index contributed by atoms with van der Waals surface area (Å²) < 4.78 is 0. The van der Waals surface area contributed by atoms with Crippen LogP contribution in [0.3, 0.4) is 0 Å². The zero-order chi connectivity index (χ0) is 14.2. The minimum atomic E-state index is 0.817. The Kier molecular flexibility index (Phi) is 3.04. The van der Waals surface area contributed by atoms with Gasteiger partial charge in [0, 0.05) is 29.7 Å². The molecule has 2 heterocycles. The summed E-state index contributed by atoms with van der Waals surface area (Å²) in [5, 5.41) is 5.64. The van der Waals surface area contributed by atoms with Gasteiger partial charge in [-0.1, -0.05) is 42.5 Å². The topological polar surface area (TPSA) is 37.8 Å². The predicted octanol–water partition coefficient (Wildman–Crippen LogP) is 4.09. The van der Waals surface area contributed by atoms with Crippen molar-refractivity contribution < 1.29 is 0 Å². The Morgan fingerprint density at radius 2 is 1.86 bits per heavy atom.